The number of hydrogen-bond acceptors (Lipinski definition) is 5. The third kappa shape index (κ3) is 3.86. The van der Waals surface area contributed by atoms with E-state index in [9.17, 15) is 9.90 Å². The SMILES string of the molecule is COc1ccc(-c2cc3cc(C(=O)O)c(C)c(C(C)N4CCOCC4)n3c2)cc1OC. The molecule has 1 atom stereocenters. The maximum atomic E-state index is 12.0. The highest BCUT2D eigenvalue weighted by Crippen LogP contribution is 2.35. The van der Waals surface area contributed by atoms with Crippen molar-refractivity contribution in [2.24, 2.45) is 0 Å². The van der Waals surface area contributed by atoms with Crippen LogP contribution in [0.15, 0.2) is 36.5 Å². The molecule has 0 radical (unpaired) electrons. The lowest BCUT2D eigenvalue weighted by atomic mass is 10.0. The Morgan fingerprint density at radius 3 is 2.42 bits per heavy atom. The number of benzene rings is 1. The number of aromatic nitrogens is 1. The van der Waals surface area contributed by atoms with Crippen LogP contribution in [0.3, 0.4) is 0 Å². The Morgan fingerprint density at radius 1 is 1.06 bits per heavy atom. The van der Waals surface area contributed by atoms with Gasteiger partial charge in [0.2, 0.25) is 0 Å². The van der Waals surface area contributed by atoms with Gasteiger partial charge in [-0.15, -0.1) is 0 Å². The molecule has 0 bridgehead atoms. The lowest BCUT2D eigenvalue weighted by molar-refractivity contribution is 0.0187. The smallest absolute Gasteiger partial charge is 0.336 e. The van der Waals surface area contributed by atoms with E-state index in [-0.39, 0.29) is 6.04 Å². The number of pyridine rings is 1. The molecule has 164 valence electrons. The van der Waals surface area contributed by atoms with Crippen molar-refractivity contribution in [3.05, 3.63) is 53.3 Å². The molecule has 1 saturated heterocycles. The number of carboxylic acid groups (broad SMARTS) is 1. The number of morpholine rings is 1. The van der Waals surface area contributed by atoms with E-state index < -0.39 is 5.97 Å². The molecule has 1 aromatic carbocycles. The van der Waals surface area contributed by atoms with Gasteiger partial charge >= 0.3 is 5.97 Å². The first-order chi connectivity index (χ1) is 14.9. The summed E-state index contributed by atoms with van der Waals surface area (Å²) in [5.74, 6) is 0.407. The number of carbonyl (C=O) groups is 1. The van der Waals surface area contributed by atoms with Crippen molar-refractivity contribution in [3.63, 3.8) is 0 Å². The van der Waals surface area contributed by atoms with E-state index in [0.717, 1.165) is 41.0 Å². The Labute approximate surface area is 181 Å². The van der Waals surface area contributed by atoms with Crippen LogP contribution in [0.2, 0.25) is 0 Å². The van der Waals surface area contributed by atoms with E-state index in [4.69, 9.17) is 14.2 Å². The fourth-order valence-corrected chi connectivity index (χ4v) is 4.42. The molecule has 4 rings (SSSR count). The lowest BCUT2D eigenvalue weighted by Crippen LogP contribution is -2.39. The van der Waals surface area contributed by atoms with Crippen molar-refractivity contribution in [3.8, 4) is 22.6 Å². The van der Waals surface area contributed by atoms with E-state index in [1.807, 2.05) is 31.2 Å². The Kier molecular flexibility index (Phi) is 5.89. The standard InChI is InChI=1S/C24H28N2O5/c1-15-20(24(27)28)13-19-11-18(17-5-6-21(29-3)22(12-17)30-4)14-26(19)23(15)16(2)25-7-9-31-10-8-25/h5-6,11-14,16H,7-10H2,1-4H3,(H,27,28). The van der Waals surface area contributed by atoms with E-state index in [1.165, 1.54) is 0 Å². The lowest BCUT2D eigenvalue weighted by Gasteiger charge is -2.34. The molecular weight excluding hydrogens is 396 g/mol. The molecule has 31 heavy (non-hydrogen) atoms. The molecule has 0 saturated carbocycles. The average molecular weight is 424 g/mol. The second-order valence-electron chi connectivity index (χ2n) is 7.79. The fraction of sp³-hybridized carbons (Fsp3) is 0.375. The van der Waals surface area contributed by atoms with Crippen molar-refractivity contribution in [1.29, 1.82) is 0 Å². The largest absolute Gasteiger partial charge is 0.493 e. The van der Waals surface area contributed by atoms with Gasteiger partial charge in [-0.1, -0.05) is 6.07 Å². The molecule has 7 heteroatoms. The molecule has 1 aliphatic rings. The van der Waals surface area contributed by atoms with Gasteiger partial charge in [-0.3, -0.25) is 4.90 Å². The highest BCUT2D eigenvalue weighted by Gasteiger charge is 2.25. The molecule has 3 heterocycles. The first-order valence-corrected chi connectivity index (χ1v) is 10.4. The van der Waals surface area contributed by atoms with Gasteiger partial charge in [0, 0.05) is 42.1 Å². The van der Waals surface area contributed by atoms with Gasteiger partial charge in [-0.2, -0.15) is 0 Å². The Hall–Kier alpha value is -3.03. The van der Waals surface area contributed by atoms with Gasteiger partial charge in [-0.25, -0.2) is 4.79 Å². The normalized spacial score (nSPS) is 15.7. The van der Waals surface area contributed by atoms with E-state index in [2.05, 4.69) is 22.4 Å². The number of carboxylic acids is 1. The zero-order valence-electron chi connectivity index (χ0n) is 18.3. The first kappa shape index (κ1) is 21.2. The second-order valence-corrected chi connectivity index (χ2v) is 7.79. The number of rotatable bonds is 6. The molecule has 1 unspecified atom stereocenters. The van der Waals surface area contributed by atoms with Crippen molar-refractivity contribution in [2.75, 3.05) is 40.5 Å². The third-order valence-corrected chi connectivity index (χ3v) is 6.13. The van der Waals surface area contributed by atoms with Crippen LogP contribution in [0.5, 0.6) is 11.5 Å². The minimum atomic E-state index is -0.913. The Bertz CT molecular complexity index is 1110. The van der Waals surface area contributed by atoms with Gasteiger partial charge in [0.05, 0.1) is 33.0 Å². The van der Waals surface area contributed by atoms with Crippen LogP contribution >= 0.6 is 0 Å². The maximum absolute atomic E-state index is 12.0. The zero-order chi connectivity index (χ0) is 22.1. The molecule has 1 aliphatic heterocycles. The van der Waals surface area contributed by atoms with Crippen molar-refractivity contribution in [2.45, 2.75) is 19.9 Å². The van der Waals surface area contributed by atoms with Crippen molar-refractivity contribution >= 4 is 11.5 Å². The van der Waals surface area contributed by atoms with E-state index >= 15 is 0 Å². The summed E-state index contributed by atoms with van der Waals surface area (Å²) < 4.78 is 18.4. The van der Waals surface area contributed by atoms with Crippen LogP contribution in [0.1, 0.15) is 34.6 Å². The van der Waals surface area contributed by atoms with Gasteiger partial charge in [-0.05, 0) is 49.2 Å². The summed E-state index contributed by atoms with van der Waals surface area (Å²) in [6.07, 6.45) is 2.07. The summed E-state index contributed by atoms with van der Waals surface area (Å²) in [4.78, 5) is 14.3. The van der Waals surface area contributed by atoms with Crippen LogP contribution in [0.25, 0.3) is 16.6 Å². The number of fused-ring (bicyclic) bond motifs is 1. The number of ether oxygens (including phenoxy) is 3. The van der Waals surface area contributed by atoms with E-state index in [1.54, 1.807) is 20.3 Å². The zero-order valence-corrected chi connectivity index (χ0v) is 18.3. The summed E-state index contributed by atoms with van der Waals surface area (Å²) in [5, 5.41) is 9.82. The second kappa shape index (κ2) is 8.61. The number of nitrogens with zero attached hydrogens (tertiary/aromatic N) is 2. The quantitative estimate of drug-likeness (QED) is 0.644. The maximum Gasteiger partial charge on any atom is 0.336 e. The minimum absolute atomic E-state index is 0.0522. The van der Waals surface area contributed by atoms with Gasteiger partial charge < -0.3 is 23.7 Å². The van der Waals surface area contributed by atoms with Crippen LogP contribution < -0.4 is 9.47 Å². The van der Waals surface area contributed by atoms with Crippen molar-refractivity contribution in [1.82, 2.24) is 9.30 Å². The predicted molar refractivity (Wildman–Crippen MR) is 118 cm³/mol. The van der Waals surface area contributed by atoms with Gasteiger partial charge in [0.15, 0.2) is 11.5 Å². The topological polar surface area (TPSA) is 72.6 Å². The van der Waals surface area contributed by atoms with Gasteiger partial charge in [0.25, 0.3) is 0 Å². The summed E-state index contributed by atoms with van der Waals surface area (Å²) in [6.45, 7) is 7.05. The molecule has 1 N–H and O–H groups in total. The minimum Gasteiger partial charge on any atom is -0.493 e. The molecular formula is C24H28N2O5. The predicted octanol–water partition coefficient (Wildman–Crippen LogP) is 4.02. The molecule has 2 aromatic heterocycles. The van der Waals surface area contributed by atoms with E-state index in [0.29, 0.717) is 30.3 Å². The first-order valence-electron chi connectivity index (χ1n) is 10.4. The Balaban J connectivity index is 1.87. The summed E-state index contributed by atoms with van der Waals surface area (Å²) in [5.41, 5.74) is 4.92. The number of hydrogen-bond donors (Lipinski definition) is 1. The fourth-order valence-electron chi connectivity index (χ4n) is 4.42. The van der Waals surface area contributed by atoms with Gasteiger partial charge in [0.1, 0.15) is 0 Å². The highest BCUT2D eigenvalue weighted by molar-refractivity contribution is 5.92. The monoisotopic (exact) mass is 424 g/mol. The summed E-state index contributed by atoms with van der Waals surface area (Å²) >= 11 is 0. The van der Waals surface area contributed by atoms with Crippen LogP contribution in [-0.4, -0.2) is 60.9 Å². The average Bonchev–Trinajstić information content (AvgIpc) is 3.22. The van der Waals surface area contributed by atoms with Crippen molar-refractivity contribution < 1.29 is 24.1 Å². The number of aromatic carboxylic acids is 1. The molecule has 0 amide bonds. The molecule has 0 aliphatic carbocycles. The highest BCUT2D eigenvalue weighted by atomic mass is 16.5. The Morgan fingerprint density at radius 2 is 1.77 bits per heavy atom. The molecule has 0 spiro atoms. The summed E-state index contributed by atoms with van der Waals surface area (Å²) in [7, 11) is 3.22. The molecule has 3 aromatic rings. The third-order valence-electron chi connectivity index (χ3n) is 6.13. The summed E-state index contributed by atoms with van der Waals surface area (Å²) in [6, 6.07) is 9.61. The molecule has 1 fully saturated rings. The number of methoxy groups -OCH3 is 2. The van der Waals surface area contributed by atoms with Crippen LogP contribution in [-0.2, 0) is 4.74 Å². The van der Waals surface area contributed by atoms with Crippen LogP contribution in [0.4, 0.5) is 0 Å². The van der Waals surface area contributed by atoms with Crippen LogP contribution in [0, 0.1) is 6.92 Å². The molecule has 7 nitrogen and oxygen atoms in total.